The predicted molar refractivity (Wildman–Crippen MR) is 75.0 cm³/mol. The molecule has 0 heterocycles. The van der Waals surface area contributed by atoms with Crippen LogP contribution in [0.25, 0.3) is 0 Å². The van der Waals surface area contributed by atoms with Crippen molar-refractivity contribution >= 4 is 5.97 Å². The quantitative estimate of drug-likeness (QED) is 0.638. The molecule has 0 radical (unpaired) electrons. The molecule has 1 rings (SSSR count). The minimum atomic E-state index is -0.862. The highest BCUT2D eigenvalue weighted by atomic mass is 16.5. The van der Waals surface area contributed by atoms with E-state index in [1.54, 1.807) is 0 Å². The van der Waals surface area contributed by atoms with Crippen molar-refractivity contribution in [3.8, 4) is 0 Å². The Morgan fingerprint density at radius 1 is 1.37 bits per heavy atom. The van der Waals surface area contributed by atoms with Crippen LogP contribution in [0.3, 0.4) is 0 Å². The molecule has 19 heavy (non-hydrogen) atoms. The molecule has 0 saturated heterocycles. The summed E-state index contributed by atoms with van der Waals surface area (Å²) >= 11 is 0. The second-order valence-corrected chi connectivity index (χ2v) is 4.50. The Balaban J connectivity index is 2.06. The van der Waals surface area contributed by atoms with Gasteiger partial charge in [-0.05, 0) is 24.9 Å². The van der Waals surface area contributed by atoms with E-state index < -0.39 is 12.1 Å². The van der Waals surface area contributed by atoms with Crippen molar-refractivity contribution in [2.75, 3.05) is 13.2 Å². The van der Waals surface area contributed by atoms with Gasteiger partial charge in [0.1, 0.15) is 0 Å². The Morgan fingerprint density at radius 3 is 2.74 bits per heavy atom. The molecule has 1 aromatic carbocycles. The zero-order chi connectivity index (χ0) is 13.9. The van der Waals surface area contributed by atoms with Gasteiger partial charge in [0.05, 0.1) is 0 Å². The lowest BCUT2D eigenvalue weighted by molar-refractivity contribution is -0.150. The standard InChI is InChI=1S/C15H23NO3/c1-2-7-14(15(17)18)19-11-6-10-16-12-13-8-4-3-5-9-13/h3-5,8-9,14,16H,2,6-7,10-12H2,1H3,(H,17,18). The maximum atomic E-state index is 10.9. The van der Waals surface area contributed by atoms with Crippen molar-refractivity contribution in [2.45, 2.75) is 38.8 Å². The normalized spacial score (nSPS) is 12.3. The van der Waals surface area contributed by atoms with E-state index in [4.69, 9.17) is 9.84 Å². The Kier molecular flexibility index (Phi) is 7.86. The monoisotopic (exact) mass is 265 g/mol. The smallest absolute Gasteiger partial charge is 0.332 e. The highest BCUT2D eigenvalue weighted by Gasteiger charge is 2.15. The lowest BCUT2D eigenvalue weighted by Gasteiger charge is -2.12. The number of aliphatic carboxylic acids is 1. The highest BCUT2D eigenvalue weighted by Crippen LogP contribution is 2.03. The van der Waals surface area contributed by atoms with E-state index in [2.05, 4.69) is 17.4 Å². The number of rotatable bonds is 10. The van der Waals surface area contributed by atoms with Gasteiger partial charge in [0, 0.05) is 13.2 Å². The first-order chi connectivity index (χ1) is 9.24. The molecule has 0 bridgehead atoms. The molecule has 0 fully saturated rings. The first-order valence-electron chi connectivity index (χ1n) is 6.83. The topological polar surface area (TPSA) is 58.6 Å². The van der Waals surface area contributed by atoms with Crippen molar-refractivity contribution in [3.63, 3.8) is 0 Å². The SMILES string of the molecule is CCCC(OCCCNCc1ccccc1)C(=O)O. The van der Waals surface area contributed by atoms with Gasteiger partial charge in [-0.25, -0.2) is 4.79 Å². The summed E-state index contributed by atoms with van der Waals surface area (Å²) in [4.78, 5) is 10.9. The van der Waals surface area contributed by atoms with E-state index in [1.165, 1.54) is 5.56 Å². The fraction of sp³-hybridized carbons (Fsp3) is 0.533. The third-order valence-corrected chi connectivity index (χ3v) is 2.82. The van der Waals surface area contributed by atoms with Gasteiger partial charge in [0.2, 0.25) is 0 Å². The largest absolute Gasteiger partial charge is 0.479 e. The number of ether oxygens (including phenoxy) is 1. The van der Waals surface area contributed by atoms with E-state index in [0.717, 1.165) is 25.9 Å². The van der Waals surface area contributed by atoms with E-state index in [0.29, 0.717) is 13.0 Å². The van der Waals surface area contributed by atoms with Gasteiger partial charge in [0.25, 0.3) is 0 Å². The van der Waals surface area contributed by atoms with Crippen molar-refractivity contribution in [1.29, 1.82) is 0 Å². The van der Waals surface area contributed by atoms with Gasteiger partial charge < -0.3 is 15.2 Å². The van der Waals surface area contributed by atoms with Crippen LogP contribution in [0.4, 0.5) is 0 Å². The Bertz CT molecular complexity index is 354. The molecule has 0 aliphatic rings. The molecule has 0 aliphatic heterocycles. The molecule has 0 aliphatic carbocycles. The fourth-order valence-electron chi connectivity index (χ4n) is 1.79. The molecular formula is C15H23NO3. The minimum Gasteiger partial charge on any atom is -0.479 e. The van der Waals surface area contributed by atoms with Crippen LogP contribution in [-0.2, 0) is 16.1 Å². The highest BCUT2D eigenvalue weighted by molar-refractivity contribution is 5.72. The molecule has 2 N–H and O–H groups in total. The van der Waals surface area contributed by atoms with Gasteiger partial charge in [-0.2, -0.15) is 0 Å². The predicted octanol–water partition coefficient (Wildman–Crippen LogP) is 2.44. The molecule has 4 nitrogen and oxygen atoms in total. The van der Waals surface area contributed by atoms with E-state index in [-0.39, 0.29) is 0 Å². The van der Waals surface area contributed by atoms with Crippen LogP contribution >= 0.6 is 0 Å². The first kappa shape index (κ1) is 15.7. The maximum Gasteiger partial charge on any atom is 0.332 e. The van der Waals surface area contributed by atoms with Crippen molar-refractivity contribution in [3.05, 3.63) is 35.9 Å². The number of nitrogens with one attached hydrogen (secondary N) is 1. The first-order valence-corrected chi connectivity index (χ1v) is 6.83. The second-order valence-electron chi connectivity index (χ2n) is 4.50. The van der Waals surface area contributed by atoms with Crippen molar-refractivity contribution < 1.29 is 14.6 Å². The van der Waals surface area contributed by atoms with Crippen LogP contribution in [-0.4, -0.2) is 30.3 Å². The average molecular weight is 265 g/mol. The van der Waals surface area contributed by atoms with Gasteiger partial charge in [-0.3, -0.25) is 0 Å². The number of benzene rings is 1. The molecule has 0 amide bonds. The van der Waals surface area contributed by atoms with Gasteiger partial charge in [0.15, 0.2) is 6.10 Å². The summed E-state index contributed by atoms with van der Waals surface area (Å²) in [5.74, 6) is -0.862. The summed E-state index contributed by atoms with van der Waals surface area (Å²) in [6.07, 6.45) is 1.56. The molecule has 1 unspecified atom stereocenters. The zero-order valence-electron chi connectivity index (χ0n) is 11.5. The second kappa shape index (κ2) is 9.53. The van der Waals surface area contributed by atoms with Gasteiger partial charge in [-0.15, -0.1) is 0 Å². The van der Waals surface area contributed by atoms with Crippen LogP contribution in [0.2, 0.25) is 0 Å². The van der Waals surface area contributed by atoms with E-state index in [9.17, 15) is 4.79 Å². The summed E-state index contributed by atoms with van der Waals surface area (Å²) in [7, 11) is 0. The number of hydrogen-bond acceptors (Lipinski definition) is 3. The van der Waals surface area contributed by atoms with E-state index in [1.807, 2.05) is 25.1 Å². The number of carbonyl (C=O) groups is 1. The summed E-state index contributed by atoms with van der Waals surface area (Å²) < 4.78 is 5.36. The third kappa shape index (κ3) is 6.94. The van der Waals surface area contributed by atoms with Crippen LogP contribution in [0.1, 0.15) is 31.7 Å². The molecule has 0 saturated carbocycles. The Morgan fingerprint density at radius 2 is 2.11 bits per heavy atom. The van der Waals surface area contributed by atoms with Crippen LogP contribution in [0.15, 0.2) is 30.3 Å². The maximum absolute atomic E-state index is 10.9. The Hall–Kier alpha value is -1.39. The number of carboxylic acids is 1. The molecule has 1 aromatic rings. The number of hydrogen-bond donors (Lipinski definition) is 2. The Labute approximate surface area is 114 Å². The minimum absolute atomic E-state index is 0.485. The third-order valence-electron chi connectivity index (χ3n) is 2.82. The fourth-order valence-corrected chi connectivity index (χ4v) is 1.79. The van der Waals surface area contributed by atoms with Gasteiger partial charge in [-0.1, -0.05) is 43.7 Å². The lowest BCUT2D eigenvalue weighted by Crippen LogP contribution is -2.25. The molecule has 1 atom stereocenters. The summed E-state index contributed by atoms with van der Waals surface area (Å²) in [5, 5.41) is 12.2. The molecule has 0 spiro atoms. The van der Waals surface area contributed by atoms with Crippen LogP contribution < -0.4 is 5.32 Å². The van der Waals surface area contributed by atoms with Gasteiger partial charge >= 0.3 is 5.97 Å². The molecule has 4 heteroatoms. The van der Waals surface area contributed by atoms with Crippen molar-refractivity contribution in [2.24, 2.45) is 0 Å². The molecule has 106 valence electrons. The zero-order valence-corrected chi connectivity index (χ0v) is 11.5. The van der Waals surface area contributed by atoms with E-state index >= 15 is 0 Å². The molecule has 0 aromatic heterocycles. The van der Waals surface area contributed by atoms with Crippen LogP contribution in [0.5, 0.6) is 0 Å². The summed E-state index contributed by atoms with van der Waals surface area (Å²) in [6, 6.07) is 10.2. The van der Waals surface area contributed by atoms with Crippen molar-refractivity contribution in [1.82, 2.24) is 5.32 Å². The lowest BCUT2D eigenvalue weighted by atomic mass is 10.2. The summed E-state index contributed by atoms with van der Waals surface area (Å²) in [6.45, 7) is 4.10. The average Bonchev–Trinajstić information content (AvgIpc) is 2.42. The van der Waals surface area contributed by atoms with Crippen LogP contribution in [0, 0.1) is 0 Å². The molecular weight excluding hydrogens is 242 g/mol. The number of carboxylic acid groups (broad SMARTS) is 1. The summed E-state index contributed by atoms with van der Waals surface area (Å²) in [5.41, 5.74) is 1.25.